The molecule has 3 N–H and O–H groups in total. The lowest BCUT2D eigenvalue weighted by molar-refractivity contribution is -0.116. The first-order chi connectivity index (χ1) is 12.8. The number of carbonyl (C=O) groups excluding carboxylic acids is 2. The van der Waals surface area contributed by atoms with Crippen molar-refractivity contribution in [1.82, 2.24) is 5.32 Å². The minimum absolute atomic E-state index is 0.0119. The number of anilines is 2. The lowest BCUT2D eigenvalue weighted by atomic mass is 10.2. The van der Waals surface area contributed by atoms with Crippen LogP contribution < -0.4 is 20.7 Å². The number of ether oxygens (including phenoxy) is 1. The van der Waals surface area contributed by atoms with Crippen molar-refractivity contribution in [3.63, 3.8) is 0 Å². The number of nitrogens with one attached hydrogen (secondary N) is 3. The van der Waals surface area contributed by atoms with E-state index < -0.39 is 5.82 Å². The van der Waals surface area contributed by atoms with Crippen LogP contribution in [-0.2, 0) is 4.79 Å². The van der Waals surface area contributed by atoms with Crippen molar-refractivity contribution in [3.8, 4) is 5.75 Å². The van der Waals surface area contributed by atoms with Gasteiger partial charge in [-0.3, -0.25) is 4.79 Å². The second-order valence-electron chi connectivity index (χ2n) is 6.02. The third kappa shape index (κ3) is 6.79. The van der Waals surface area contributed by atoms with Crippen molar-refractivity contribution >= 4 is 34.9 Å². The molecule has 6 nitrogen and oxygen atoms in total. The van der Waals surface area contributed by atoms with E-state index in [1.165, 1.54) is 12.1 Å². The van der Waals surface area contributed by atoms with Crippen LogP contribution in [0.2, 0.25) is 5.02 Å². The fourth-order valence-electron chi connectivity index (χ4n) is 2.18. The molecule has 0 saturated heterocycles. The standard InChI is InChI=1S/C19H21ClFN3O3/c1-12(2)22-19(26)24-16-6-4-3-5-15(16)23-18(25)9-10-27-17-8-7-13(21)11-14(17)20/h3-8,11-12H,9-10H2,1-2H3,(H,23,25)(H2,22,24,26). The molecule has 0 radical (unpaired) electrons. The first-order valence-corrected chi connectivity index (χ1v) is 8.77. The predicted octanol–water partition coefficient (Wildman–Crippen LogP) is 4.42. The Bertz CT molecular complexity index is 815. The normalized spacial score (nSPS) is 10.4. The van der Waals surface area contributed by atoms with Crippen molar-refractivity contribution in [1.29, 1.82) is 0 Å². The molecule has 0 aliphatic carbocycles. The maximum absolute atomic E-state index is 13.0. The molecule has 2 aromatic carbocycles. The van der Waals surface area contributed by atoms with Crippen LogP contribution in [0.15, 0.2) is 42.5 Å². The molecule has 2 rings (SSSR count). The predicted molar refractivity (Wildman–Crippen MR) is 104 cm³/mol. The topological polar surface area (TPSA) is 79.5 Å². The number of hydrogen-bond acceptors (Lipinski definition) is 3. The van der Waals surface area contributed by atoms with Gasteiger partial charge in [0.15, 0.2) is 0 Å². The summed E-state index contributed by atoms with van der Waals surface area (Å²) < 4.78 is 18.4. The van der Waals surface area contributed by atoms with E-state index in [0.717, 1.165) is 6.07 Å². The zero-order valence-electron chi connectivity index (χ0n) is 15.0. The maximum atomic E-state index is 13.0. The summed E-state index contributed by atoms with van der Waals surface area (Å²) in [5.74, 6) is -0.458. The lowest BCUT2D eigenvalue weighted by Gasteiger charge is -2.14. The number of para-hydroxylation sites is 2. The highest BCUT2D eigenvalue weighted by Crippen LogP contribution is 2.25. The van der Waals surface area contributed by atoms with Gasteiger partial charge in [-0.15, -0.1) is 0 Å². The Morgan fingerprint density at radius 2 is 1.78 bits per heavy atom. The average Bonchev–Trinajstić information content (AvgIpc) is 2.58. The fourth-order valence-corrected chi connectivity index (χ4v) is 2.40. The van der Waals surface area contributed by atoms with Crippen molar-refractivity contribution in [3.05, 3.63) is 53.3 Å². The first-order valence-electron chi connectivity index (χ1n) is 8.39. The Hall–Kier alpha value is -2.80. The number of urea groups is 1. The van der Waals surface area contributed by atoms with Crippen LogP contribution in [0.1, 0.15) is 20.3 Å². The molecule has 0 fully saturated rings. The van der Waals surface area contributed by atoms with Crippen molar-refractivity contribution < 1.29 is 18.7 Å². The molecule has 0 bridgehead atoms. The highest BCUT2D eigenvalue weighted by Gasteiger charge is 2.11. The Morgan fingerprint density at radius 1 is 1.11 bits per heavy atom. The Morgan fingerprint density at radius 3 is 2.41 bits per heavy atom. The number of hydrogen-bond donors (Lipinski definition) is 3. The van der Waals surface area contributed by atoms with Gasteiger partial charge < -0.3 is 20.7 Å². The van der Waals surface area contributed by atoms with Crippen LogP contribution in [0.5, 0.6) is 5.75 Å². The van der Waals surface area contributed by atoms with Gasteiger partial charge in [0, 0.05) is 6.04 Å². The molecular formula is C19H21ClFN3O3. The quantitative estimate of drug-likeness (QED) is 0.651. The summed E-state index contributed by atoms with van der Waals surface area (Å²) in [4.78, 5) is 24.0. The Kier molecular flexibility index (Phi) is 7.43. The summed E-state index contributed by atoms with van der Waals surface area (Å²) in [6.45, 7) is 3.77. The van der Waals surface area contributed by atoms with Crippen LogP contribution in [0.4, 0.5) is 20.6 Å². The first kappa shape index (κ1) is 20.5. The summed E-state index contributed by atoms with van der Waals surface area (Å²) in [6, 6.07) is 10.3. The number of halogens is 2. The second kappa shape index (κ2) is 9.78. The highest BCUT2D eigenvalue weighted by molar-refractivity contribution is 6.32. The Balaban J connectivity index is 1.89. The molecular weight excluding hydrogens is 373 g/mol. The summed E-state index contributed by atoms with van der Waals surface area (Å²) in [5, 5.41) is 8.27. The molecule has 144 valence electrons. The van der Waals surface area contributed by atoms with E-state index in [-0.39, 0.29) is 36.0 Å². The van der Waals surface area contributed by atoms with E-state index in [4.69, 9.17) is 16.3 Å². The van der Waals surface area contributed by atoms with Gasteiger partial charge in [-0.2, -0.15) is 0 Å². The summed E-state index contributed by atoms with van der Waals surface area (Å²) in [6.07, 6.45) is 0.0558. The molecule has 0 heterocycles. The molecule has 0 aliphatic rings. The molecule has 0 saturated carbocycles. The molecule has 0 aromatic heterocycles. The van der Waals surface area contributed by atoms with Gasteiger partial charge in [0.1, 0.15) is 11.6 Å². The zero-order chi connectivity index (χ0) is 19.8. The maximum Gasteiger partial charge on any atom is 0.319 e. The monoisotopic (exact) mass is 393 g/mol. The zero-order valence-corrected chi connectivity index (χ0v) is 15.8. The average molecular weight is 394 g/mol. The molecule has 27 heavy (non-hydrogen) atoms. The second-order valence-corrected chi connectivity index (χ2v) is 6.43. The van der Waals surface area contributed by atoms with E-state index in [9.17, 15) is 14.0 Å². The number of amides is 3. The largest absolute Gasteiger partial charge is 0.491 e. The minimum atomic E-state index is -0.462. The van der Waals surface area contributed by atoms with E-state index in [1.54, 1.807) is 24.3 Å². The van der Waals surface area contributed by atoms with Crippen molar-refractivity contribution in [2.75, 3.05) is 17.2 Å². The van der Waals surface area contributed by atoms with Crippen LogP contribution in [0.25, 0.3) is 0 Å². The number of carbonyl (C=O) groups is 2. The van der Waals surface area contributed by atoms with Crippen LogP contribution >= 0.6 is 11.6 Å². The van der Waals surface area contributed by atoms with Gasteiger partial charge in [0.2, 0.25) is 5.91 Å². The van der Waals surface area contributed by atoms with Gasteiger partial charge in [0.05, 0.1) is 29.4 Å². The molecule has 0 unspecified atom stereocenters. The third-order valence-electron chi connectivity index (χ3n) is 3.35. The summed E-state index contributed by atoms with van der Waals surface area (Å²) >= 11 is 5.87. The van der Waals surface area contributed by atoms with Crippen LogP contribution in [-0.4, -0.2) is 24.6 Å². The third-order valence-corrected chi connectivity index (χ3v) is 3.65. The molecule has 3 amide bonds. The highest BCUT2D eigenvalue weighted by atomic mass is 35.5. The molecule has 0 spiro atoms. The summed E-state index contributed by atoms with van der Waals surface area (Å²) in [7, 11) is 0. The van der Waals surface area contributed by atoms with Gasteiger partial charge in [-0.1, -0.05) is 23.7 Å². The van der Waals surface area contributed by atoms with Crippen LogP contribution in [0, 0.1) is 5.82 Å². The smallest absolute Gasteiger partial charge is 0.319 e. The minimum Gasteiger partial charge on any atom is -0.491 e. The van der Waals surface area contributed by atoms with Crippen molar-refractivity contribution in [2.24, 2.45) is 0 Å². The number of benzene rings is 2. The van der Waals surface area contributed by atoms with Gasteiger partial charge >= 0.3 is 6.03 Å². The SMILES string of the molecule is CC(C)NC(=O)Nc1ccccc1NC(=O)CCOc1ccc(F)cc1Cl. The van der Waals surface area contributed by atoms with E-state index in [2.05, 4.69) is 16.0 Å². The van der Waals surface area contributed by atoms with E-state index in [0.29, 0.717) is 17.1 Å². The lowest BCUT2D eigenvalue weighted by Crippen LogP contribution is -2.34. The number of rotatable bonds is 7. The van der Waals surface area contributed by atoms with Gasteiger partial charge in [0.25, 0.3) is 0 Å². The molecule has 0 atom stereocenters. The fraction of sp³-hybridized carbons (Fsp3) is 0.263. The van der Waals surface area contributed by atoms with Crippen molar-refractivity contribution in [2.45, 2.75) is 26.3 Å². The molecule has 8 heteroatoms. The summed E-state index contributed by atoms with van der Waals surface area (Å²) in [5.41, 5.74) is 0.952. The van der Waals surface area contributed by atoms with E-state index in [1.807, 2.05) is 13.8 Å². The van der Waals surface area contributed by atoms with Gasteiger partial charge in [-0.05, 0) is 44.2 Å². The molecule has 2 aromatic rings. The Labute approximate surface area is 162 Å². The van der Waals surface area contributed by atoms with Gasteiger partial charge in [-0.25, -0.2) is 9.18 Å². The van der Waals surface area contributed by atoms with E-state index >= 15 is 0 Å². The molecule has 0 aliphatic heterocycles. The van der Waals surface area contributed by atoms with Crippen LogP contribution in [0.3, 0.4) is 0 Å².